The van der Waals surface area contributed by atoms with E-state index in [1.807, 2.05) is 48.7 Å². The lowest BCUT2D eigenvalue weighted by atomic mass is 10.2. The molecule has 0 radical (unpaired) electrons. The van der Waals surface area contributed by atoms with Crippen LogP contribution in [0.2, 0.25) is 0 Å². The van der Waals surface area contributed by atoms with Crippen LogP contribution in [0.15, 0.2) is 67.0 Å². The van der Waals surface area contributed by atoms with Gasteiger partial charge in [0.05, 0.1) is 11.1 Å². The SMILES string of the molecule is C=C(Nc1cccc(Nc2nc(Nc3ccc(N4CCN(C)CC4)c(F)c3)nc3[nH]ccc23)c1)C1CC1. The topological polar surface area (TPSA) is 84.1 Å². The van der Waals surface area contributed by atoms with E-state index in [4.69, 9.17) is 4.98 Å². The molecule has 4 aromatic rings. The van der Waals surface area contributed by atoms with Gasteiger partial charge in [-0.1, -0.05) is 12.6 Å². The number of H-pyrrole nitrogens is 1. The standard InChI is InChI=1S/C28H31FN8/c1-18(19-6-7-19)31-20-4-3-5-21(16-20)32-27-23-10-11-30-26(23)34-28(35-27)33-22-8-9-25(24(29)17-22)37-14-12-36(2)13-15-37/h3-5,8-11,16-17,19,31H,1,6-7,12-15H2,2H3,(H3,30,32,33,34,35). The number of aromatic amines is 1. The Morgan fingerprint density at radius 2 is 1.76 bits per heavy atom. The highest BCUT2D eigenvalue weighted by atomic mass is 19.1. The molecule has 190 valence electrons. The first-order valence-corrected chi connectivity index (χ1v) is 12.7. The van der Waals surface area contributed by atoms with Crippen LogP contribution in [0, 0.1) is 11.7 Å². The second-order valence-corrected chi connectivity index (χ2v) is 9.85. The van der Waals surface area contributed by atoms with E-state index in [1.54, 1.807) is 0 Å². The number of rotatable bonds is 8. The maximum atomic E-state index is 15.0. The van der Waals surface area contributed by atoms with Gasteiger partial charge in [-0.05, 0) is 68.3 Å². The summed E-state index contributed by atoms with van der Waals surface area (Å²) < 4.78 is 15.0. The van der Waals surface area contributed by atoms with E-state index >= 15 is 4.39 Å². The summed E-state index contributed by atoms with van der Waals surface area (Å²) in [5.41, 5.74) is 4.84. The minimum atomic E-state index is -0.258. The summed E-state index contributed by atoms with van der Waals surface area (Å²) in [5.74, 6) is 1.35. The number of likely N-dealkylation sites (N-methyl/N-ethyl adjacent to an activating group) is 1. The van der Waals surface area contributed by atoms with Gasteiger partial charge in [0.1, 0.15) is 17.3 Å². The highest BCUT2D eigenvalue weighted by molar-refractivity contribution is 5.90. The molecular weight excluding hydrogens is 467 g/mol. The van der Waals surface area contributed by atoms with Gasteiger partial charge >= 0.3 is 0 Å². The first-order chi connectivity index (χ1) is 18.0. The van der Waals surface area contributed by atoms with Gasteiger partial charge in [-0.3, -0.25) is 0 Å². The molecule has 0 unspecified atom stereocenters. The fourth-order valence-corrected chi connectivity index (χ4v) is 4.64. The lowest BCUT2D eigenvalue weighted by Crippen LogP contribution is -2.44. The number of nitrogens with zero attached hydrogens (tertiary/aromatic N) is 4. The molecular formula is C28H31FN8. The molecule has 0 spiro atoms. The van der Waals surface area contributed by atoms with Crippen LogP contribution in [0.4, 0.5) is 38.9 Å². The monoisotopic (exact) mass is 498 g/mol. The van der Waals surface area contributed by atoms with Crippen LogP contribution < -0.4 is 20.9 Å². The third-order valence-electron chi connectivity index (χ3n) is 6.96. The van der Waals surface area contributed by atoms with Crippen molar-refractivity contribution in [3.8, 4) is 0 Å². The number of piperazine rings is 1. The highest BCUT2D eigenvalue weighted by Crippen LogP contribution is 2.36. The summed E-state index contributed by atoms with van der Waals surface area (Å²) in [6.07, 6.45) is 4.24. The summed E-state index contributed by atoms with van der Waals surface area (Å²) in [7, 11) is 2.09. The smallest absolute Gasteiger partial charge is 0.231 e. The zero-order valence-electron chi connectivity index (χ0n) is 20.9. The van der Waals surface area contributed by atoms with Gasteiger partial charge in [-0.25, -0.2) is 4.39 Å². The van der Waals surface area contributed by atoms with E-state index in [0.717, 1.165) is 48.6 Å². The van der Waals surface area contributed by atoms with Crippen LogP contribution in [0.1, 0.15) is 12.8 Å². The van der Waals surface area contributed by atoms with Crippen LogP contribution >= 0.6 is 0 Å². The molecule has 2 aromatic heterocycles. The van der Waals surface area contributed by atoms with E-state index in [2.05, 4.69) is 49.3 Å². The van der Waals surface area contributed by atoms with Gasteiger partial charge < -0.3 is 30.7 Å². The molecule has 0 atom stereocenters. The van der Waals surface area contributed by atoms with Crippen molar-refractivity contribution in [2.24, 2.45) is 5.92 Å². The number of fused-ring (bicyclic) bond motifs is 1. The van der Waals surface area contributed by atoms with Crippen LogP contribution in [0.25, 0.3) is 11.0 Å². The summed E-state index contributed by atoms with van der Waals surface area (Å²) >= 11 is 0. The second kappa shape index (κ2) is 9.74. The molecule has 1 saturated carbocycles. The molecule has 9 heteroatoms. The van der Waals surface area contributed by atoms with Crippen molar-refractivity contribution in [2.45, 2.75) is 12.8 Å². The Hall–Kier alpha value is -4.11. The maximum Gasteiger partial charge on any atom is 0.231 e. The first kappa shape index (κ1) is 23.3. The molecule has 8 nitrogen and oxygen atoms in total. The molecule has 3 heterocycles. The molecule has 2 aromatic carbocycles. The Labute approximate surface area is 215 Å². The van der Waals surface area contributed by atoms with E-state index in [0.29, 0.717) is 34.7 Å². The Kier molecular flexibility index (Phi) is 6.13. The number of hydrogen-bond donors (Lipinski definition) is 4. The average Bonchev–Trinajstić information content (AvgIpc) is 3.63. The van der Waals surface area contributed by atoms with E-state index in [1.165, 1.54) is 18.9 Å². The van der Waals surface area contributed by atoms with Crippen molar-refractivity contribution in [1.82, 2.24) is 19.9 Å². The second-order valence-electron chi connectivity index (χ2n) is 9.85. The number of anilines is 6. The van der Waals surface area contributed by atoms with Crippen LogP contribution in [0.5, 0.6) is 0 Å². The number of aromatic nitrogens is 3. The summed E-state index contributed by atoms with van der Waals surface area (Å²) in [4.78, 5) is 16.8. The van der Waals surface area contributed by atoms with Gasteiger partial charge in [-0.2, -0.15) is 9.97 Å². The van der Waals surface area contributed by atoms with Gasteiger partial charge in [0.15, 0.2) is 0 Å². The minimum Gasteiger partial charge on any atom is -0.367 e. The molecule has 2 fully saturated rings. The van der Waals surface area contributed by atoms with Crippen molar-refractivity contribution < 1.29 is 4.39 Å². The Morgan fingerprint density at radius 3 is 2.54 bits per heavy atom. The third kappa shape index (κ3) is 5.22. The number of benzene rings is 2. The number of halogens is 1. The number of allylic oxidation sites excluding steroid dienone is 1. The van der Waals surface area contributed by atoms with E-state index < -0.39 is 0 Å². The fourth-order valence-electron chi connectivity index (χ4n) is 4.64. The van der Waals surface area contributed by atoms with Gasteiger partial charge in [0.2, 0.25) is 5.95 Å². The summed E-state index contributed by atoms with van der Waals surface area (Å²) in [6.45, 7) is 7.63. The van der Waals surface area contributed by atoms with Crippen molar-refractivity contribution in [3.05, 3.63) is 72.8 Å². The van der Waals surface area contributed by atoms with Gasteiger partial charge in [0, 0.05) is 55.1 Å². The highest BCUT2D eigenvalue weighted by Gasteiger charge is 2.24. The Morgan fingerprint density at radius 1 is 0.973 bits per heavy atom. The van der Waals surface area contributed by atoms with Crippen LogP contribution in [-0.2, 0) is 0 Å². The molecule has 0 amide bonds. The molecule has 1 aliphatic heterocycles. The largest absolute Gasteiger partial charge is 0.367 e. The van der Waals surface area contributed by atoms with Crippen molar-refractivity contribution in [2.75, 3.05) is 54.1 Å². The lowest BCUT2D eigenvalue weighted by Gasteiger charge is -2.34. The molecule has 0 bridgehead atoms. The van der Waals surface area contributed by atoms with Gasteiger partial charge in [-0.15, -0.1) is 0 Å². The molecule has 1 aliphatic carbocycles. The van der Waals surface area contributed by atoms with Crippen LogP contribution in [0.3, 0.4) is 0 Å². The predicted octanol–water partition coefficient (Wildman–Crippen LogP) is 5.67. The maximum absolute atomic E-state index is 15.0. The Bertz CT molecular complexity index is 1440. The normalized spacial score (nSPS) is 16.1. The molecule has 6 rings (SSSR count). The average molecular weight is 499 g/mol. The lowest BCUT2D eigenvalue weighted by molar-refractivity contribution is 0.311. The van der Waals surface area contributed by atoms with Crippen molar-refractivity contribution in [1.29, 1.82) is 0 Å². The van der Waals surface area contributed by atoms with Crippen molar-refractivity contribution >= 4 is 45.5 Å². The quantitative estimate of drug-likeness (QED) is 0.249. The molecule has 1 saturated heterocycles. The molecule has 4 N–H and O–H groups in total. The van der Waals surface area contributed by atoms with E-state index in [-0.39, 0.29) is 5.82 Å². The number of nitrogens with one attached hydrogen (secondary N) is 4. The van der Waals surface area contributed by atoms with Gasteiger partial charge in [0.25, 0.3) is 0 Å². The van der Waals surface area contributed by atoms with Crippen molar-refractivity contribution in [3.63, 3.8) is 0 Å². The van der Waals surface area contributed by atoms with E-state index in [9.17, 15) is 0 Å². The van der Waals surface area contributed by atoms with Crippen LogP contribution in [-0.4, -0.2) is 53.1 Å². The zero-order valence-corrected chi connectivity index (χ0v) is 20.9. The summed E-state index contributed by atoms with van der Waals surface area (Å²) in [6, 6.07) is 15.2. The third-order valence-corrected chi connectivity index (χ3v) is 6.96. The Balaban J connectivity index is 1.21. The minimum absolute atomic E-state index is 0.258. The molecule has 2 aliphatic rings. The summed E-state index contributed by atoms with van der Waals surface area (Å²) in [5, 5.41) is 10.9. The number of hydrogen-bond acceptors (Lipinski definition) is 7. The first-order valence-electron chi connectivity index (χ1n) is 12.7. The predicted molar refractivity (Wildman–Crippen MR) is 148 cm³/mol. The fraction of sp³-hybridized carbons (Fsp3) is 0.286. The zero-order chi connectivity index (χ0) is 25.4. The molecule has 37 heavy (non-hydrogen) atoms.